The van der Waals surface area contributed by atoms with Crippen LogP contribution in [0.25, 0.3) is 0 Å². The van der Waals surface area contributed by atoms with Gasteiger partial charge in [-0.2, -0.15) is 30.0 Å². The predicted molar refractivity (Wildman–Crippen MR) is 187 cm³/mol. The van der Waals surface area contributed by atoms with Gasteiger partial charge in [-0.25, -0.2) is 0 Å². The van der Waals surface area contributed by atoms with Crippen LogP contribution in [0.2, 0.25) is 0 Å². The largest absolute Gasteiger partial charge is 1.00 e. The number of sulfonamides is 2. The van der Waals surface area contributed by atoms with Crippen molar-refractivity contribution in [2.24, 2.45) is 23.7 Å². The third kappa shape index (κ3) is 22.7. The summed E-state index contributed by atoms with van der Waals surface area (Å²) in [6.45, 7) is 21.6. The van der Waals surface area contributed by atoms with Gasteiger partial charge in [0.15, 0.2) is 0 Å². The monoisotopic (exact) mass is 769 g/mol. The van der Waals surface area contributed by atoms with Crippen LogP contribution in [0.3, 0.4) is 0 Å². The van der Waals surface area contributed by atoms with Crippen LogP contribution in [0.15, 0.2) is 29.2 Å². The third-order valence-corrected chi connectivity index (χ3v) is 11.8. The summed E-state index contributed by atoms with van der Waals surface area (Å²) < 4.78 is 91.6. The van der Waals surface area contributed by atoms with E-state index < -0.39 is 34.6 Å². The van der Waals surface area contributed by atoms with Gasteiger partial charge in [-0.15, -0.1) is 4.13 Å². The van der Waals surface area contributed by atoms with Crippen LogP contribution in [-0.4, -0.2) is 47.5 Å². The van der Waals surface area contributed by atoms with Gasteiger partial charge >= 0.3 is 67.1 Å². The molecule has 2 N–H and O–H groups in total. The number of primary sulfonamides is 2. The van der Waals surface area contributed by atoms with Crippen LogP contribution >= 0.6 is 0 Å². The van der Waals surface area contributed by atoms with Crippen LogP contribution in [0.4, 0.5) is 13.2 Å². The maximum Gasteiger partial charge on any atom is 1.00 e. The Balaban J connectivity index is -0.000000681. The molecule has 0 bridgehead atoms. The molecule has 0 radical (unpaired) electrons. The fourth-order valence-corrected chi connectivity index (χ4v) is 6.61. The molecule has 0 saturated heterocycles. The summed E-state index contributed by atoms with van der Waals surface area (Å²) in [5.74, 6) is 1.43. The number of unbranched alkanes of at least 4 members (excludes halogenated alkanes) is 1. The Kier molecular flexibility index (Phi) is 29.2. The van der Waals surface area contributed by atoms with E-state index >= 15 is 0 Å². The van der Waals surface area contributed by atoms with E-state index in [1.165, 1.54) is 31.4 Å². The third-order valence-electron chi connectivity index (χ3n) is 8.17. The first-order valence-electron chi connectivity index (χ1n) is 17.5. The molecule has 0 spiro atoms. The van der Waals surface area contributed by atoms with E-state index in [1.54, 1.807) is 0 Å². The van der Waals surface area contributed by atoms with Crippen molar-refractivity contribution in [2.45, 2.75) is 143 Å². The number of hydrogen-bond donors (Lipinski definition) is 1. The van der Waals surface area contributed by atoms with E-state index in [2.05, 4.69) is 27.7 Å². The Morgan fingerprint density at radius 1 is 0.740 bits per heavy atom. The summed E-state index contributed by atoms with van der Waals surface area (Å²) in [5.41, 5.74) is -4.83. The zero-order valence-corrected chi connectivity index (χ0v) is 35.9. The zero-order chi connectivity index (χ0) is 38.4. The van der Waals surface area contributed by atoms with E-state index in [-0.39, 0.29) is 59.2 Å². The van der Waals surface area contributed by atoms with Gasteiger partial charge in [0.2, 0.25) is 0 Å². The molecule has 1 aromatic carbocycles. The van der Waals surface area contributed by atoms with Crippen molar-refractivity contribution in [1.82, 2.24) is 0 Å². The normalized spacial score (nSPS) is 14.0. The molecular formula is C35H63F3NNaO8S2+2. The van der Waals surface area contributed by atoms with Crippen molar-refractivity contribution in [3.05, 3.63) is 29.8 Å². The van der Waals surface area contributed by atoms with Gasteiger partial charge in [0.1, 0.15) is 4.90 Å². The smallest absolute Gasteiger partial charge is 0.465 e. The summed E-state index contributed by atoms with van der Waals surface area (Å²) in [4.78, 5) is 22.1. The minimum Gasteiger partial charge on any atom is -0.465 e. The number of rotatable bonds is 19. The minimum atomic E-state index is -5.85. The average Bonchev–Trinajstić information content (AvgIpc) is 3.04. The molecule has 288 valence electrons. The first-order chi connectivity index (χ1) is 22.6. The Hall–Kier alpha value is -1.19. The number of quaternary nitrogens is 1. The number of esters is 2. The summed E-state index contributed by atoms with van der Waals surface area (Å²) in [6.07, 6.45) is 9.39. The molecule has 0 aliphatic carbocycles. The van der Waals surface area contributed by atoms with Gasteiger partial charge in [-0.3, -0.25) is 9.59 Å². The van der Waals surface area contributed by atoms with E-state index in [0.29, 0.717) is 25.0 Å². The Labute approximate surface area is 323 Å². The summed E-state index contributed by atoms with van der Waals surface area (Å²) in [5, 5.41) is 0. The minimum absolute atomic E-state index is 0. The molecule has 15 heteroatoms. The molecule has 0 heterocycles. The van der Waals surface area contributed by atoms with Crippen LogP contribution < -0.4 is 33.7 Å². The van der Waals surface area contributed by atoms with Crippen molar-refractivity contribution >= 4 is 32.0 Å². The van der Waals surface area contributed by atoms with Crippen molar-refractivity contribution in [1.29, 1.82) is 0 Å². The summed E-state index contributed by atoms with van der Waals surface area (Å²) in [7, 11) is -10.5. The van der Waals surface area contributed by atoms with Gasteiger partial charge in [0.05, 0.1) is 25.0 Å². The van der Waals surface area contributed by atoms with E-state index in [4.69, 9.17) is 9.47 Å². The van der Waals surface area contributed by atoms with Crippen LogP contribution in [0, 0.1) is 23.7 Å². The van der Waals surface area contributed by atoms with Crippen LogP contribution in [0.5, 0.6) is 0 Å². The first kappa shape index (κ1) is 53.2. The number of halogens is 3. The van der Waals surface area contributed by atoms with Crippen LogP contribution in [-0.2, 0) is 39.1 Å². The molecule has 0 fully saturated rings. The Morgan fingerprint density at radius 3 is 1.64 bits per heavy atom. The zero-order valence-electron chi connectivity index (χ0n) is 32.3. The molecule has 50 heavy (non-hydrogen) atoms. The second-order valence-corrected chi connectivity index (χ2v) is 16.8. The molecule has 9 nitrogen and oxygen atoms in total. The predicted octanol–water partition coefficient (Wildman–Crippen LogP) is 5.11. The summed E-state index contributed by atoms with van der Waals surface area (Å²) >= 11 is 0. The van der Waals surface area contributed by atoms with Gasteiger partial charge in [0.25, 0.3) is 0 Å². The fraction of sp³-hybridized carbons (Fsp3) is 0.771. The summed E-state index contributed by atoms with van der Waals surface area (Å²) in [6, 6.07) is 5.10. The first-order valence-corrected chi connectivity index (χ1v) is 20.6. The van der Waals surface area contributed by atoms with Gasteiger partial charge < -0.3 is 9.47 Å². The molecular weight excluding hydrogens is 707 g/mol. The molecule has 0 saturated carbocycles. The number of nitrogens with two attached hydrogens (primary N) is 1. The SMILES string of the molecule is CCC(C)C(=O)OCCCC(C)C.CCC(C)c1ccc(S(=O)(=O)[NH2+]S(=O)(=O)C(F)(F)F)cc1.CCCCC(CC)COC(=O)C(C)CC.[Na+]. The number of alkyl halides is 3. The van der Waals surface area contributed by atoms with Crippen molar-refractivity contribution < 1.29 is 82.8 Å². The number of ether oxygens (including phenoxy) is 2. The molecule has 1 rings (SSSR count). The molecule has 0 aliphatic rings. The molecule has 4 atom stereocenters. The average molecular weight is 770 g/mol. The number of carbonyl (C=O) groups is 2. The van der Waals surface area contributed by atoms with E-state index in [1.807, 2.05) is 41.5 Å². The topological polar surface area (TPSA) is 137 Å². The number of carbonyl (C=O) groups excluding carboxylic acids is 2. The van der Waals surface area contributed by atoms with Gasteiger partial charge in [-0.05, 0) is 74.0 Å². The number of benzene rings is 1. The van der Waals surface area contributed by atoms with E-state index in [0.717, 1.165) is 56.2 Å². The van der Waals surface area contributed by atoms with Gasteiger partial charge in [0, 0.05) is 0 Å². The second kappa shape index (κ2) is 27.4. The van der Waals surface area contributed by atoms with E-state index in [9.17, 15) is 39.6 Å². The van der Waals surface area contributed by atoms with Crippen molar-refractivity contribution in [3.63, 3.8) is 0 Å². The molecule has 0 aliphatic heterocycles. The molecule has 0 aromatic heterocycles. The standard InChI is InChI=1S/C13H26O2.C11H14F3NO4S2.C11H22O2.Na/c1-5-8-9-12(7-3)10-15-13(14)11(4)6-2;1-3-8(2)9-4-6-10(7-5-9)20(16,17)15-21(18,19)11(12,13)14;1-5-10(4)11(12)13-8-6-7-9(2)3;/h11-12H,5-10H2,1-4H3;4-8,15H,3H2,1-2H3;9-10H,5-8H2,1-4H3;/q;;;+1/p+1. The van der Waals surface area contributed by atoms with Crippen molar-refractivity contribution in [2.75, 3.05) is 13.2 Å². The Bertz CT molecular complexity index is 1280. The quantitative estimate of drug-likeness (QED) is 0.117. The maximum atomic E-state index is 12.2. The van der Waals surface area contributed by atoms with Crippen molar-refractivity contribution in [3.8, 4) is 0 Å². The molecule has 0 amide bonds. The Morgan fingerprint density at radius 2 is 1.24 bits per heavy atom. The number of hydrogen-bond acceptors (Lipinski definition) is 8. The second-order valence-electron chi connectivity index (χ2n) is 12.9. The van der Waals surface area contributed by atoms with Gasteiger partial charge in [-0.1, -0.05) is 101 Å². The molecule has 4 unspecified atom stereocenters. The molecule has 1 aromatic rings. The maximum absolute atomic E-state index is 12.2. The van der Waals surface area contributed by atoms with Crippen LogP contribution in [0.1, 0.15) is 139 Å². The fourth-order valence-electron chi connectivity index (χ4n) is 3.88.